The molecule has 4 nitrogen and oxygen atoms in total. The standard InChI is InChI=1S/C11H22N2O2/c1-3-4-9-7-13(6-5-10(9)14)11(15)8(2)12/h8-10,14H,3-7,12H2,1-2H3/t8-,9-,10+/m1/s1. The van der Waals surface area contributed by atoms with E-state index in [1.54, 1.807) is 11.8 Å². The first-order valence-corrected chi connectivity index (χ1v) is 5.78. The quantitative estimate of drug-likeness (QED) is 0.712. The van der Waals surface area contributed by atoms with Gasteiger partial charge >= 0.3 is 0 Å². The highest BCUT2D eigenvalue weighted by molar-refractivity contribution is 5.81. The summed E-state index contributed by atoms with van der Waals surface area (Å²) in [6, 6.07) is -0.428. The molecular weight excluding hydrogens is 192 g/mol. The SMILES string of the molecule is CCC[C@@H]1CN(C(=O)[C@@H](C)N)CC[C@@H]1O. The van der Waals surface area contributed by atoms with Crippen LogP contribution in [0.25, 0.3) is 0 Å². The molecule has 1 rings (SSSR count). The normalized spacial score (nSPS) is 28.9. The molecule has 1 aliphatic rings. The molecule has 0 bridgehead atoms. The van der Waals surface area contributed by atoms with Gasteiger partial charge in [-0.2, -0.15) is 0 Å². The van der Waals surface area contributed by atoms with E-state index in [9.17, 15) is 9.90 Å². The van der Waals surface area contributed by atoms with Crippen molar-refractivity contribution in [3.8, 4) is 0 Å². The van der Waals surface area contributed by atoms with Crippen LogP contribution in [0.1, 0.15) is 33.1 Å². The molecule has 1 heterocycles. The van der Waals surface area contributed by atoms with Crippen LogP contribution in [0.3, 0.4) is 0 Å². The molecule has 0 spiro atoms. The molecule has 0 unspecified atom stereocenters. The van der Waals surface area contributed by atoms with Gasteiger partial charge in [-0.25, -0.2) is 0 Å². The van der Waals surface area contributed by atoms with E-state index >= 15 is 0 Å². The Morgan fingerprint density at radius 3 is 2.87 bits per heavy atom. The number of nitrogens with zero attached hydrogens (tertiary/aromatic N) is 1. The Kier molecular flexibility index (Phi) is 4.54. The Bertz CT molecular complexity index is 219. The summed E-state index contributed by atoms with van der Waals surface area (Å²) >= 11 is 0. The molecule has 0 aromatic heterocycles. The Labute approximate surface area is 91.4 Å². The number of hydrogen-bond acceptors (Lipinski definition) is 3. The van der Waals surface area contributed by atoms with E-state index in [0.29, 0.717) is 19.5 Å². The third kappa shape index (κ3) is 3.18. The summed E-state index contributed by atoms with van der Waals surface area (Å²) in [6.07, 6.45) is 2.46. The number of carbonyl (C=O) groups excluding carboxylic acids is 1. The van der Waals surface area contributed by atoms with Crippen LogP contribution in [0.2, 0.25) is 0 Å². The number of carbonyl (C=O) groups is 1. The van der Waals surface area contributed by atoms with Crippen molar-refractivity contribution >= 4 is 5.91 Å². The number of amides is 1. The second-order valence-electron chi connectivity index (χ2n) is 4.48. The van der Waals surface area contributed by atoms with Gasteiger partial charge in [-0.1, -0.05) is 13.3 Å². The molecule has 3 atom stereocenters. The molecule has 1 fully saturated rings. The van der Waals surface area contributed by atoms with Gasteiger partial charge in [0, 0.05) is 19.0 Å². The van der Waals surface area contributed by atoms with Crippen molar-refractivity contribution in [1.29, 1.82) is 0 Å². The third-order valence-electron chi connectivity index (χ3n) is 3.05. The van der Waals surface area contributed by atoms with Crippen molar-refractivity contribution in [3.05, 3.63) is 0 Å². The number of rotatable bonds is 3. The van der Waals surface area contributed by atoms with Crippen LogP contribution in [-0.4, -0.2) is 41.1 Å². The maximum absolute atomic E-state index is 11.7. The minimum Gasteiger partial charge on any atom is -0.393 e. The second kappa shape index (κ2) is 5.47. The van der Waals surface area contributed by atoms with Gasteiger partial charge in [-0.05, 0) is 19.8 Å². The van der Waals surface area contributed by atoms with Gasteiger partial charge in [-0.15, -0.1) is 0 Å². The number of nitrogens with two attached hydrogens (primary N) is 1. The average Bonchev–Trinajstić information content (AvgIpc) is 2.20. The molecule has 3 N–H and O–H groups in total. The Hall–Kier alpha value is -0.610. The van der Waals surface area contributed by atoms with Gasteiger partial charge in [0.25, 0.3) is 0 Å². The molecule has 0 aromatic carbocycles. The fraction of sp³-hybridized carbons (Fsp3) is 0.909. The molecule has 1 amide bonds. The lowest BCUT2D eigenvalue weighted by Gasteiger charge is -2.37. The van der Waals surface area contributed by atoms with E-state index in [0.717, 1.165) is 12.8 Å². The fourth-order valence-corrected chi connectivity index (χ4v) is 2.16. The summed E-state index contributed by atoms with van der Waals surface area (Å²) in [5, 5.41) is 9.77. The molecule has 0 aromatic rings. The van der Waals surface area contributed by atoms with Gasteiger partial charge in [-0.3, -0.25) is 4.79 Å². The zero-order chi connectivity index (χ0) is 11.4. The summed E-state index contributed by atoms with van der Waals surface area (Å²) in [4.78, 5) is 13.5. The lowest BCUT2D eigenvalue weighted by atomic mass is 9.90. The van der Waals surface area contributed by atoms with Gasteiger partial charge in [0.2, 0.25) is 5.91 Å². The summed E-state index contributed by atoms with van der Waals surface area (Å²) in [7, 11) is 0. The van der Waals surface area contributed by atoms with Crippen molar-refractivity contribution < 1.29 is 9.90 Å². The lowest BCUT2D eigenvalue weighted by Crippen LogP contribution is -2.50. The molecule has 15 heavy (non-hydrogen) atoms. The van der Waals surface area contributed by atoms with Crippen molar-refractivity contribution in [2.24, 2.45) is 11.7 Å². The molecule has 1 aliphatic heterocycles. The highest BCUT2D eigenvalue weighted by Crippen LogP contribution is 2.21. The van der Waals surface area contributed by atoms with Crippen LogP contribution in [0.4, 0.5) is 0 Å². The number of hydrogen-bond donors (Lipinski definition) is 2. The molecule has 1 saturated heterocycles. The van der Waals surface area contributed by atoms with E-state index in [-0.39, 0.29) is 17.9 Å². The second-order valence-corrected chi connectivity index (χ2v) is 4.48. The van der Waals surface area contributed by atoms with Crippen LogP contribution in [0.5, 0.6) is 0 Å². The van der Waals surface area contributed by atoms with Gasteiger partial charge < -0.3 is 15.7 Å². The fourth-order valence-electron chi connectivity index (χ4n) is 2.16. The van der Waals surface area contributed by atoms with Crippen molar-refractivity contribution in [1.82, 2.24) is 4.90 Å². The van der Waals surface area contributed by atoms with Crippen molar-refractivity contribution in [2.45, 2.75) is 45.3 Å². The predicted octanol–water partition coefficient (Wildman–Crippen LogP) is 0.343. The summed E-state index contributed by atoms with van der Waals surface area (Å²) in [5.41, 5.74) is 5.57. The van der Waals surface area contributed by atoms with E-state index in [2.05, 4.69) is 6.92 Å². The maximum Gasteiger partial charge on any atom is 0.239 e. The first kappa shape index (κ1) is 12.5. The molecule has 88 valence electrons. The van der Waals surface area contributed by atoms with E-state index < -0.39 is 6.04 Å². The van der Waals surface area contributed by atoms with Gasteiger partial charge in [0.1, 0.15) is 0 Å². The number of piperidine rings is 1. The predicted molar refractivity (Wildman–Crippen MR) is 59.3 cm³/mol. The van der Waals surface area contributed by atoms with Crippen LogP contribution in [-0.2, 0) is 4.79 Å². The Morgan fingerprint density at radius 1 is 1.67 bits per heavy atom. The largest absolute Gasteiger partial charge is 0.393 e. The zero-order valence-corrected chi connectivity index (χ0v) is 9.65. The first-order chi connectivity index (χ1) is 7.06. The summed E-state index contributed by atoms with van der Waals surface area (Å²) < 4.78 is 0. The number of aliphatic hydroxyl groups excluding tert-OH is 1. The van der Waals surface area contributed by atoms with Crippen LogP contribution in [0.15, 0.2) is 0 Å². The zero-order valence-electron chi connectivity index (χ0n) is 9.65. The molecule has 4 heteroatoms. The monoisotopic (exact) mass is 214 g/mol. The minimum atomic E-state index is -0.428. The summed E-state index contributed by atoms with van der Waals surface area (Å²) in [5.74, 6) is 0.231. The number of aliphatic hydroxyl groups is 1. The van der Waals surface area contributed by atoms with Crippen LogP contribution in [0, 0.1) is 5.92 Å². The first-order valence-electron chi connectivity index (χ1n) is 5.78. The van der Waals surface area contributed by atoms with E-state index in [1.165, 1.54) is 0 Å². The average molecular weight is 214 g/mol. The molecule has 0 radical (unpaired) electrons. The molecule has 0 saturated carbocycles. The van der Waals surface area contributed by atoms with Crippen molar-refractivity contribution in [2.75, 3.05) is 13.1 Å². The highest BCUT2D eigenvalue weighted by atomic mass is 16.3. The smallest absolute Gasteiger partial charge is 0.239 e. The lowest BCUT2D eigenvalue weighted by molar-refractivity contribution is -0.136. The van der Waals surface area contributed by atoms with Crippen LogP contribution >= 0.6 is 0 Å². The maximum atomic E-state index is 11.7. The van der Waals surface area contributed by atoms with E-state index in [4.69, 9.17) is 5.73 Å². The van der Waals surface area contributed by atoms with Gasteiger partial charge in [0.05, 0.1) is 12.1 Å². The Balaban J connectivity index is 2.53. The third-order valence-corrected chi connectivity index (χ3v) is 3.05. The van der Waals surface area contributed by atoms with E-state index in [1.807, 2.05) is 0 Å². The molecule has 0 aliphatic carbocycles. The number of likely N-dealkylation sites (tertiary alicyclic amines) is 1. The Morgan fingerprint density at radius 2 is 2.33 bits per heavy atom. The van der Waals surface area contributed by atoms with Crippen molar-refractivity contribution in [3.63, 3.8) is 0 Å². The van der Waals surface area contributed by atoms with Crippen LogP contribution < -0.4 is 5.73 Å². The van der Waals surface area contributed by atoms with Gasteiger partial charge in [0.15, 0.2) is 0 Å². The summed E-state index contributed by atoms with van der Waals surface area (Å²) in [6.45, 7) is 5.11. The molecular formula is C11H22N2O2. The topological polar surface area (TPSA) is 66.6 Å². The minimum absolute atomic E-state index is 0.00278. The highest BCUT2D eigenvalue weighted by Gasteiger charge is 2.30.